The number of hydrogen-bond donors (Lipinski definition) is 0. The van der Waals surface area contributed by atoms with Crippen molar-refractivity contribution in [2.75, 3.05) is 11.9 Å². The van der Waals surface area contributed by atoms with E-state index in [1.807, 2.05) is 25.1 Å². The SMILES string of the molecule is C/C=C\C=C/c1cc2cc(C)ccc2n1-c1cccc(-c2ccccc2)c1.CN(C1=CC=CCCC1)c1ccc2oc3ccccc3c2c1.Cc1ccc(C)cc1. The Morgan fingerprint density at radius 2 is 1.35 bits per heavy atom. The molecular formula is C54H52N2O. The lowest BCUT2D eigenvalue weighted by molar-refractivity contribution is 0.669. The Hall–Kier alpha value is -6.58. The van der Waals surface area contributed by atoms with Crippen LogP contribution in [0.4, 0.5) is 5.69 Å². The standard InChI is InChI=1S/C26H23N.C20H19NO.C8H10/c1-3-4-6-13-24-19-23-17-20(2)15-16-26(23)27(24)25-14-9-12-22(18-25)21-10-7-5-8-11-21;1-21(15-8-4-2-3-5-9-15)16-12-13-20-18(14-16)17-10-6-7-11-19(17)22-20;1-7-3-5-8(2)6-4-7/h3-19H,1-2H3;2,4,6-8,10-14H,3,5,9H2,1H3;3-6H,1-2H3/b4-3-,13-6-;;. The molecular weight excluding hydrogens is 693 g/mol. The lowest BCUT2D eigenvalue weighted by Gasteiger charge is -2.22. The highest BCUT2D eigenvalue weighted by atomic mass is 16.3. The zero-order valence-corrected chi connectivity index (χ0v) is 33.8. The molecule has 0 bridgehead atoms. The molecule has 0 N–H and O–H groups in total. The molecule has 2 heterocycles. The first-order valence-corrected chi connectivity index (χ1v) is 20.0. The van der Waals surface area contributed by atoms with Crippen LogP contribution in [-0.2, 0) is 0 Å². The normalized spacial score (nSPS) is 12.7. The van der Waals surface area contributed by atoms with Gasteiger partial charge >= 0.3 is 0 Å². The Kier molecular flexibility index (Phi) is 12.5. The number of fused-ring (bicyclic) bond motifs is 4. The van der Waals surface area contributed by atoms with Crippen molar-refractivity contribution in [2.24, 2.45) is 0 Å². The fraction of sp³-hybridized carbons (Fsp3) is 0.148. The molecule has 0 amide bonds. The molecule has 284 valence electrons. The van der Waals surface area contributed by atoms with Crippen LogP contribution < -0.4 is 4.90 Å². The summed E-state index contributed by atoms with van der Waals surface area (Å²) in [5, 5.41) is 3.63. The predicted octanol–water partition coefficient (Wildman–Crippen LogP) is 15.1. The number of anilines is 1. The maximum absolute atomic E-state index is 5.91. The van der Waals surface area contributed by atoms with Crippen molar-refractivity contribution >= 4 is 44.6 Å². The number of aryl methyl sites for hydroxylation is 3. The van der Waals surface area contributed by atoms with Gasteiger partial charge in [0.25, 0.3) is 0 Å². The zero-order chi connectivity index (χ0) is 39.6. The number of para-hydroxylation sites is 1. The van der Waals surface area contributed by atoms with Gasteiger partial charge in [-0.3, -0.25) is 0 Å². The first-order valence-electron chi connectivity index (χ1n) is 20.0. The van der Waals surface area contributed by atoms with E-state index < -0.39 is 0 Å². The summed E-state index contributed by atoms with van der Waals surface area (Å²) in [6, 6.07) is 51.3. The van der Waals surface area contributed by atoms with Gasteiger partial charge in [0.15, 0.2) is 0 Å². The van der Waals surface area contributed by atoms with Crippen LogP contribution in [0.1, 0.15) is 48.6 Å². The fourth-order valence-electron chi connectivity index (χ4n) is 7.25. The summed E-state index contributed by atoms with van der Waals surface area (Å²) in [5.41, 5.74) is 14.5. The summed E-state index contributed by atoms with van der Waals surface area (Å²) in [5.74, 6) is 0. The molecule has 0 aliphatic heterocycles. The lowest BCUT2D eigenvalue weighted by atomic mass is 10.1. The molecule has 0 saturated heterocycles. The van der Waals surface area contributed by atoms with E-state index in [2.05, 4.69) is 207 Å². The van der Waals surface area contributed by atoms with Crippen LogP contribution in [0.25, 0.3) is 55.7 Å². The second-order valence-electron chi connectivity index (χ2n) is 14.7. The Labute approximate surface area is 338 Å². The van der Waals surface area contributed by atoms with Crippen molar-refractivity contribution in [3.05, 3.63) is 210 Å². The molecule has 1 aliphatic rings. The van der Waals surface area contributed by atoms with E-state index in [1.165, 1.54) is 85.1 Å². The first kappa shape index (κ1) is 38.7. The van der Waals surface area contributed by atoms with E-state index in [0.29, 0.717) is 0 Å². The van der Waals surface area contributed by atoms with Crippen molar-refractivity contribution in [2.45, 2.75) is 47.0 Å². The number of rotatable bonds is 6. The van der Waals surface area contributed by atoms with Gasteiger partial charge in [0.05, 0.1) is 5.52 Å². The topological polar surface area (TPSA) is 21.3 Å². The third-order valence-electron chi connectivity index (χ3n) is 10.4. The predicted molar refractivity (Wildman–Crippen MR) is 246 cm³/mol. The Morgan fingerprint density at radius 1 is 0.632 bits per heavy atom. The van der Waals surface area contributed by atoms with E-state index in [4.69, 9.17) is 4.42 Å². The molecule has 2 aromatic heterocycles. The monoisotopic (exact) mass is 744 g/mol. The van der Waals surface area contributed by atoms with Crippen LogP contribution >= 0.6 is 0 Å². The highest BCUT2D eigenvalue weighted by Gasteiger charge is 2.13. The summed E-state index contributed by atoms with van der Waals surface area (Å²) in [6.45, 7) is 8.37. The molecule has 0 spiro atoms. The van der Waals surface area contributed by atoms with Crippen LogP contribution in [0.15, 0.2) is 192 Å². The molecule has 0 fully saturated rings. The van der Waals surface area contributed by atoms with Crippen LogP contribution in [0.3, 0.4) is 0 Å². The molecule has 3 heteroatoms. The number of furan rings is 1. The fourth-order valence-corrected chi connectivity index (χ4v) is 7.25. The number of benzene rings is 6. The van der Waals surface area contributed by atoms with Crippen molar-refractivity contribution in [3.8, 4) is 16.8 Å². The van der Waals surface area contributed by atoms with Gasteiger partial charge in [0, 0.05) is 46.0 Å². The minimum Gasteiger partial charge on any atom is -0.456 e. The molecule has 57 heavy (non-hydrogen) atoms. The summed E-state index contributed by atoms with van der Waals surface area (Å²) in [7, 11) is 2.15. The van der Waals surface area contributed by atoms with E-state index in [1.54, 1.807) is 0 Å². The van der Waals surface area contributed by atoms with Gasteiger partial charge in [0.1, 0.15) is 11.2 Å². The summed E-state index contributed by atoms with van der Waals surface area (Å²) < 4.78 is 8.24. The second kappa shape index (κ2) is 18.4. The quantitative estimate of drug-likeness (QED) is 0.158. The molecule has 0 radical (unpaired) electrons. The first-order chi connectivity index (χ1) is 27.9. The number of hydrogen-bond acceptors (Lipinski definition) is 2. The van der Waals surface area contributed by atoms with Gasteiger partial charge in [-0.05, 0) is 125 Å². The minimum atomic E-state index is 0.952. The third kappa shape index (κ3) is 9.45. The van der Waals surface area contributed by atoms with Crippen LogP contribution in [0, 0.1) is 20.8 Å². The largest absolute Gasteiger partial charge is 0.456 e. The third-order valence-corrected chi connectivity index (χ3v) is 10.4. The molecule has 1 aliphatic carbocycles. The molecule has 8 aromatic rings. The highest BCUT2D eigenvalue weighted by Crippen LogP contribution is 2.33. The van der Waals surface area contributed by atoms with Crippen LogP contribution in [0.2, 0.25) is 0 Å². The summed E-state index contributed by atoms with van der Waals surface area (Å²) in [4.78, 5) is 2.29. The maximum Gasteiger partial charge on any atom is 0.135 e. The van der Waals surface area contributed by atoms with Crippen LogP contribution in [0.5, 0.6) is 0 Å². The van der Waals surface area contributed by atoms with E-state index in [-0.39, 0.29) is 0 Å². The van der Waals surface area contributed by atoms with Crippen molar-refractivity contribution in [1.82, 2.24) is 4.57 Å². The van der Waals surface area contributed by atoms with E-state index >= 15 is 0 Å². The second-order valence-corrected chi connectivity index (χ2v) is 14.7. The summed E-state index contributed by atoms with van der Waals surface area (Å²) >= 11 is 0. The molecule has 6 aromatic carbocycles. The van der Waals surface area contributed by atoms with Crippen molar-refractivity contribution in [3.63, 3.8) is 0 Å². The number of allylic oxidation sites excluding steroid dienone is 7. The highest BCUT2D eigenvalue weighted by molar-refractivity contribution is 6.06. The van der Waals surface area contributed by atoms with Gasteiger partial charge in [-0.15, -0.1) is 0 Å². The number of nitrogens with zero attached hydrogens (tertiary/aromatic N) is 2. The van der Waals surface area contributed by atoms with Gasteiger partial charge < -0.3 is 13.9 Å². The van der Waals surface area contributed by atoms with Gasteiger partial charge in [0.2, 0.25) is 0 Å². The Morgan fingerprint density at radius 3 is 2.14 bits per heavy atom. The van der Waals surface area contributed by atoms with Gasteiger partial charge in [-0.1, -0.05) is 138 Å². The molecule has 9 rings (SSSR count). The minimum absolute atomic E-state index is 0.952. The number of aromatic nitrogens is 1. The molecule has 3 nitrogen and oxygen atoms in total. The summed E-state index contributed by atoms with van der Waals surface area (Å²) in [6.07, 6.45) is 18.5. The van der Waals surface area contributed by atoms with Gasteiger partial charge in [-0.2, -0.15) is 0 Å². The van der Waals surface area contributed by atoms with Gasteiger partial charge in [-0.25, -0.2) is 0 Å². The molecule has 0 atom stereocenters. The Balaban J connectivity index is 0.000000148. The van der Waals surface area contributed by atoms with Crippen molar-refractivity contribution in [1.29, 1.82) is 0 Å². The average Bonchev–Trinajstić information content (AvgIpc) is 3.66. The average molecular weight is 745 g/mol. The smallest absolute Gasteiger partial charge is 0.135 e. The van der Waals surface area contributed by atoms with Crippen molar-refractivity contribution < 1.29 is 4.42 Å². The van der Waals surface area contributed by atoms with E-state index in [0.717, 1.165) is 17.6 Å². The molecule has 0 unspecified atom stereocenters. The molecule has 0 saturated carbocycles. The Bertz CT molecular complexity index is 2680. The zero-order valence-electron chi connectivity index (χ0n) is 33.8. The lowest BCUT2D eigenvalue weighted by Crippen LogP contribution is -2.16. The van der Waals surface area contributed by atoms with E-state index in [9.17, 15) is 0 Å². The maximum atomic E-state index is 5.91. The van der Waals surface area contributed by atoms with Crippen LogP contribution in [-0.4, -0.2) is 11.6 Å².